The van der Waals surface area contributed by atoms with E-state index in [4.69, 9.17) is 5.26 Å². The summed E-state index contributed by atoms with van der Waals surface area (Å²) in [7, 11) is 0. The topological polar surface area (TPSA) is 61.1 Å². The largest absolute Gasteiger partial charge is 0.377 e. The number of hydrogen-bond acceptors (Lipinski definition) is 3. The van der Waals surface area contributed by atoms with Gasteiger partial charge in [0.15, 0.2) is 5.78 Å². The normalized spacial score (nSPS) is 36.2. The molecule has 0 bridgehead atoms. The minimum absolute atomic E-state index is 0.237. The number of carbonyl (C=O) groups excluding carboxylic acids is 1. The van der Waals surface area contributed by atoms with Crippen LogP contribution in [0.5, 0.6) is 0 Å². The molecule has 0 spiro atoms. The number of carbonyl (C=O) groups is 1. The van der Waals surface area contributed by atoms with Gasteiger partial charge in [-0.1, -0.05) is 54.8 Å². The van der Waals surface area contributed by atoms with Gasteiger partial charge in [-0.15, -0.1) is 5.92 Å². The minimum atomic E-state index is -0.934. The van der Waals surface area contributed by atoms with Crippen LogP contribution in [-0.2, 0) is 4.79 Å². The number of rotatable bonds is 2. The van der Waals surface area contributed by atoms with E-state index in [-0.39, 0.29) is 5.41 Å². The summed E-state index contributed by atoms with van der Waals surface area (Å²) in [6.07, 6.45) is 8.45. The molecular formula is C34H35NO2. The second-order valence-corrected chi connectivity index (χ2v) is 12.0. The van der Waals surface area contributed by atoms with Gasteiger partial charge in [0.2, 0.25) is 0 Å². The number of nitriles is 1. The van der Waals surface area contributed by atoms with Gasteiger partial charge in [-0.25, -0.2) is 0 Å². The molecule has 3 saturated carbocycles. The summed E-state index contributed by atoms with van der Waals surface area (Å²) < 4.78 is 0. The van der Waals surface area contributed by atoms with Crippen LogP contribution in [0.4, 0.5) is 0 Å². The number of nitrogens with zero attached hydrogens (tertiary/aromatic N) is 1. The van der Waals surface area contributed by atoms with Gasteiger partial charge in [0.1, 0.15) is 5.60 Å². The van der Waals surface area contributed by atoms with Crippen LogP contribution in [0.25, 0.3) is 11.1 Å². The Labute approximate surface area is 220 Å². The molecule has 0 radical (unpaired) electrons. The molecule has 0 aliphatic heterocycles. The van der Waals surface area contributed by atoms with Crippen LogP contribution >= 0.6 is 0 Å². The predicted molar refractivity (Wildman–Crippen MR) is 145 cm³/mol. The van der Waals surface area contributed by atoms with E-state index in [1.807, 2.05) is 37.3 Å². The van der Waals surface area contributed by atoms with Crippen molar-refractivity contribution in [3.05, 3.63) is 71.3 Å². The summed E-state index contributed by atoms with van der Waals surface area (Å²) in [5.74, 6) is 8.91. The zero-order chi connectivity index (χ0) is 25.8. The smallest absolute Gasteiger partial charge is 0.155 e. The SMILES string of the molecule is CC#C[C@]1(O)CC[C@H]2[C@@H]3CCC4=CC(=O)CC[C@@H]4[C@H]3[C@@H](c3ccc(-c4ccc(C#N)cc4)cc3)C[C@@]21C. The molecule has 0 heterocycles. The lowest BCUT2D eigenvalue weighted by Gasteiger charge is -2.58. The van der Waals surface area contributed by atoms with Crippen molar-refractivity contribution in [2.45, 2.75) is 70.3 Å². The van der Waals surface area contributed by atoms with Crippen molar-refractivity contribution in [2.75, 3.05) is 0 Å². The molecule has 3 fully saturated rings. The Bertz CT molecular complexity index is 1350. The Hall–Kier alpha value is -3.14. The molecule has 0 saturated heterocycles. The molecular weight excluding hydrogens is 454 g/mol. The summed E-state index contributed by atoms with van der Waals surface area (Å²) in [5, 5.41) is 21.0. The third-order valence-electron chi connectivity index (χ3n) is 10.5. The fourth-order valence-corrected chi connectivity index (χ4v) is 8.73. The van der Waals surface area contributed by atoms with Gasteiger partial charge in [-0.3, -0.25) is 4.79 Å². The van der Waals surface area contributed by atoms with E-state index in [9.17, 15) is 9.90 Å². The maximum atomic E-state index is 12.3. The summed E-state index contributed by atoms with van der Waals surface area (Å²) >= 11 is 0. The first-order chi connectivity index (χ1) is 17.9. The number of aliphatic hydroxyl groups is 1. The first-order valence-electron chi connectivity index (χ1n) is 13.9. The summed E-state index contributed by atoms with van der Waals surface area (Å²) in [5.41, 5.74) is 4.46. The second-order valence-electron chi connectivity index (χ2n) is 12.0. The van der Waals surface area contributed by atoms with Crippen molar-refractivity contribution >= 4 is 5.78 Å². The van der Waals surface area contributed by atoms with E-state index in [1.54, 1.807) is 0 Å². The molecule has 1 N–H and O–H groups in total. The summed E-state index contributed by atoms with van der Waals surface area (Å²) in [4.78, 5) is 12.3. The zero-order valence-corrected chi connectivity index (χ0v) is 21.8. The quantitative estimate of drug-likeness (QED) is 0.471. The van der Waals surface area contributed by atoms with Crippen LogP contribution in [0, 0.1) is 52.3 Å². The number of hydrogen-bond donors (Lipinski definition) is 1. The third kappa shape index (κ3) is 3.79. The van der Waals surface area contributed by atoms with Gasteiger partial charge in [0, 0.05) is 11.8 Å². The van der Waals surface area contributed by atoms with Gasteiger partial charge in [-0.05, 0) is 110 Å². The van der Waals surface area contributed by atoms with Gasteiger partial charge < -0.3 is 5.11 Å². The van der Waals surface area contributed by atoms with Crippen LogP contribution in [0.3, 0.4) is 0 Å². The summed E-state index contributed by atoms with van der Waals surface area (Å²) in [6.45, 7) is 4.15. The third-order valence-corrected chi connectivity index (χ3v) is 10.5. The average molecular weight is 490 g/mol. The molecule has 4 aliphatic carbocycles. The van der Waals surface area contributed by atoms with Gasteiger partial charge in [0.05, 0.1) is 11.6 Å². The predicted octanol–water partition coefficient (Wildman–Crippen LogP) is 6.81. The molecule has 7 atom stereocenters. The van der Waals surface area contributed by atoms with Gasteiger partial charge >= 0.3 is 0 Å². The Morgan fingerprint density at radius 3 is 2.32 bits per heavy atom. The molecule has 3 heteroatoms. The summed E-state index contributed by atoms with van der Waals surface area (Å²) in [6, 6.07) is 18.9. The molecule has 37 heavy (non-hydrogen) atoms. The lowest BCUT2D eigenvalue weighted by molar-refractivity contribution is -0.117. The lowest BCUT2D eigenvalue weighted by Crippen LogP contribution is -2.54. The zero-order valence-electron chi connectivity index (χ0n) is 21.8. The highest BCUT2D eigenvalue weighted by atomic mass is 16.3. The average Bonchev–Trinajstić information content (AvgIpc) is 3.18. The number of allylic oxidation sites excluding steroid dienone is 1. The fourth-order valence-electron chi connectivity index (χ4n) is 8.73. The maximum Gasteiger partial charge on any atom is 0.155 e. The van der Waals surface area contributed by atoms with Crippen molar-refractivity contribution in [2.24, 2.45) is 29.1 Å². The second kappa shape index (κ2) is 9.01. The fraction of sp³-hybridized carbons (Fsp3) is 0.471. The highest BCUT2D eigenvalue weighted by molar-refractivity contribution is 5.91. The van der Waals surface area contributed by atoms with E-state index in [1.165, 1.54) is 11.1 Å². The Balaban J connectivity index is 1.41. The van der Waals surface area contributed by atoms with Crippen LogP contribution in [-0.4, -0.2) is 16.5 Å². The lowest BCUT2D eigenvalue weighted by atomic mass is 9.46. The molecule has 0 aromatic heterocycles. The monoisotopic (exact) mass is 489 g/mol. The highest BCUT2D eigenvalue weighted by Gasteiger charge is 2.64. The van der Waals surface area contributed by atoms with E-state index < -0.39 is 5.60 Å². The Morgan fingerprint density at radius 2 is 1.65 bits per heavy atom. The van der Waals surface area contributed by atoms with E-state index in [0.29, 0.717) is 47.4 Å². The highest BCUT2D eigenvalue weighted by Crippen LogP contribution is 2.68. The van der Waals surface area contributed by atoms with Crippen molar-refractivity contribution < 1.29 is 9.90 Å². The van der Waals surface area contributed by atoms with Crippen LogP contribution < -0.4 is 0 Å². The van der Waals surface area contributed by atoms with E-state index in [0.717, 1.165) is 49.7 Å². The molecule has 0 unspecified atom stereocenters. The first kappa shape index (κ1) is 24.2. The Morgan fingerprint density at radius 1 is 0.946 bits per heavy atom. The molecule has 2 aromatic carbocycles. The molecule has 0 amide bonds. The first-order valence-corrected chi connectivity index (χ1v) is 13.9. The minimum Gasteiger partial charge on any atom is -0.377 e. The van der Waals surface area contributed by atoms with Gasteiger partial charge in [-0.2, -0.15) is 5.26 Å². The van der Waals surface area contributed by atoms with E-state index >= 15 is 0 Å². The molecule has 2 aromatic rings. The standard InChI is InChI=1S/C34H35NO2/c1-3-17-34(37)18-16-31-29-14-12-26-19-27(36)13-15-28(26)32(29)30(20-33(31,34)2)25-10-8-24(9-11-25)23-6-4-22(21-35)5-7-23/h4-11,19,28-32,37H,12-16,18,20H2,1-2H3/t28-,29-,30+,31-,32+,33-,34-/m0/s1. The molecule has 6 rings (SSSR count). The van der Waals surface area contributed by atoms with Gasteiger partial charge in [0.25, 0.3) is 0 Å². The van der Waals surface area contributed by atoms with Crippen molar-refractivity contribution in [1.82, 2.24) is 0 Å². The van der Waals surface area contributed by atoms with Crippen molar-refractivity contribution in [3.8, 4) is 29.0 Å². The number of ketones is 1. The number of fused-ring (bicyclic) bond motifs is 5. The van der Waals surface area contributed by atoms with E-state index in [2.05, 4.69) is 49.1 Å². The molecule has 4 aliphatic rings. The van der Waals surface area contributed by atoms with Crippen LogP contribution in [0.1, 0.15) is 75.8 Å². The maximum absolute atomic E-state index is 12.3. The Kier molecular flexibility index (Phi) is 5.89. The van der Waals surface area contributed by atoms with Crippen LogP contribution in [0.15, 0.2) is 60.2 Å². The van der Waals surface area contributed by atoms with Crippen molar-refractivity contribution in [1.29, 1.82) is 5.26 Å². The van der Waals surface area contributed by atoms with Crippen molar-refractivity contribution in [3.63, 3.8) is 0 Å². The molecule has 3 nitrogen and oxygen atoms in total. The van der Waals surface area contributed by atoms with Crippen LogP contribution in [0.2, 0.25) is 0 Å². The molecule has 188 valence electrons. The number of benzene rings is 2.